The Morgan fingerprint density at radius 1 is 1.12 bits per heavy atom. The fourth-order valence-corrected chi connectivity index (χ4v) is 2.77. The number of anilines is 1. The van der Waals surface area contributed by atoms with Gasteiger partial charge in [0.25, 0.3) is 5.91 Å². The molecule has 0 fully saturated rings. The minimum atomic E-state index is -0.549. The van der Waals surface area contributed by atoms with Gasteiger partial charge < -0.3 is 15.0 Å². The molecule has 0 aliphatic rings. The summed E-state index contributed by atoms with van der Waals surface area (Å²) in [5, 5.41) is 3.76. The molecule has 2 N–H and O–H groups in total. The number of esters is 1. The summed E-state index contributed by atoms with van der Waals surface area (Å²) in [6, 6.07) is 15.1. The minimum absolute atomic E-state index is 0.328. The number of hydrogen-bond donors (Lipinski definition) is 2. The maximum atomic E-state index is 12.1. The van der Waals surface area contributed by atoms with E-state index >= 15 is 0 Å². The smallest absolute Gasteiger partial charge is 0.355 e. The van der Waals surface area contributed by atoms with Gasteiger partial charge in [0, 0.05) is 16.6 Å². The molecular weight excluding hydrogens is 316 g/mol. The molecule has 2 aromatic carbocycles. The normalized spacial score (nSPS) is 10.6. The van der Waals surface area contributed by atoms with E-state index in [0.717, 1.165) is 34.1 Å². The number of hydrogen-bond acceptors (Lipinski definition) is 3. The van der Waals surface area contributed by atoms with Crippen molar-refractivity contribution < 1.29 is 14.3 Å². The Kier molecular flexibility index (Phi) is 4.84. The molecule has 0 aliphatic heterocycles. The number of amides is 1. The summed E-state index contributed by atoms with van der Waals surface area (Å²) in [7, 11) is 0. The number of carbonyl (C=O) groups is 2. The van der Waals surface area contributed by atoms with Crippen LogP contribution in [0.5, 0.6) is 0 Å². The highest BCUT2D eigenvalue weighted by atomic mass is 16.5. The second-order valence-corrected chi connectivity index (χ2v) is 5.86. The topological polar surface area (TPSA) is 71.2 Å². The Hall–Kier alpha value is -3.08. The molecule has 0 radical (unpaired) electrons. The van der Waals surface area contributed by atoms with Crippen molar-refractivity contribution in [2.45, 2.75) is 20.3 Å². The number of H-pyrrole nitrogens is 1. The van der Waals surface area contributed by atoms with Crippen molar-refractivity contribution in [3.63, 3.8) is 0 Å². The first-order valence-electron chi connectivity index (χ1n) is 8.21. The van der Waals surface area contributed by atoms with Crippen molar-refractivity contribution >= 4 is 28.5 Å². The SMILES string of the molecule is CCc1cccc(C)c1NC(=O)COC(=O)c1cc2ccccc2[nH]1. The van der Waals surface area contributed by atoms with Crippen molar-refractivity contribution in [1.29, 1.82) is 0 Å². The maximum Gasteiger partial charge on any atom is 0.355 e. The minimum Gasteiger partial charge on any atom is -0.451 e. The number of nitrogens with one attached hydrogen (secondary N) is 2. The molecule has 1 amide bonds. The van der Waals surface area contributed by atoms with E-state index in [0.29, 0.717) is 5.69 Å². The zero-order chi connectivity index (χ0) is 17.8. The van der Waals surface area contributed by atoms with Crippen LogP contribution in [0.3, 0.4) is 0 Å². The van der Waals surface area contributed by atoms with Crippen LogP contribution in [0, 0.1) is 6.92 Å². The van der Waals surface area contributed by atoms with Crippen LogP contribution in [-0.4, -0.2) is 23.5 Å². The lowest BCUT2D eigenvalue weighted by atomic mass is 10.1. The zero-order valence-electron chi connectivity index (χ0n) is 14.3. The van der Waals surface area contributed by atoms with Gasteiger partial charge in [-0.25, -0.2) is 4.79 Å². The lowest BCUT2D eigenvalue weighted by Gasteiger charge is -2.12. The quantitative estimate of drug-likeness (QED) is 0.696. The largest absolute Gasteiger partial charge is 0.451 e. The fraction of sp³-hybridized carbons (Fsp3) is 0.200. The van der Waals surface area contributed by atoms with Gasteiger partial charge in [0.1, 0.15) is 5.69 Å². The van der Waals surface area contributed by atoms with Gasteiger partial charge in [-0.1, -0.05) is 43.3 Å². The first-order valence-corrected chi connectivity index (χ1v) is 8.21. The summed E-state index contributed by atoms with van der Waals surface area (Å²) < 4.78 is 5.12. The van der Waals surface area contributed by atoms with E-state index in [-0.39, 0.29) is 12.5 Å². The molecule has 1 aromatic heterocycles. The summed E-state index contributed by atoms with van der Waals surface area (Å²) in [6.07, 6.45) is 0.812. The van der Waals surface area contributed by atoms with Crippen LogP contribution in [-0.2, 0) is 16.0 Å². The molecule has 0 spiro atoms. The molecule has 0 unspecified atom stereocenters. The van der Waals surface area contributed by atoms with Gasteiger partial charge in [-0.2, -0.15) is 0 Å². The molecule has 5 nitrogen and oxygen atoms in total. The predicted octanol–water partition coefficient (Wildman–Crippen LogP) is 3.83. The molecule has 0 saturated carbocycles. The van der Waals surface area contributed by atoms with Crippen molar-refractivity contribution in [3.05, 3.63) is 65.4 Å². The third-order valence-corrected chi connectivity index (χ3v) is 4.09. The molecule has 0 bridgehead atoms. The summed E-state index contributed by atoms with van der Waals surface area (Å²) >= 11 is 0. The number of para-hydroxylation sites is 2. The maximum absolute atomic E-state index is 12.1. The highest BCUT2D eigenvalue weighted by Crippen LogP contribution is 2.21. The Morgan fingerprint density at radius 2 is 1.92 bits per heavy atom. The Labute approximate surface area is 146 Å². The molecule has 3 rings (SSSR count). The fourth-order valence-electron chi connectivity index (χ4n) is 2.77. The van der Waals surface area contributed by atoms with Crippen LogP contribution in [0.25, 0.3) is 10.9 Å². The molecule has 0 saturated heterocycles. The van der Waals surface area contributed by atoms with Gasteiger partial charge in [-0.15, -0.1) is 0 Å². The van der Waals surface area contributed by atoms with Gasteiger partial charge >= 0.3 is 5.97 Å². The molecule has 3 aromatic rings. The van der Waals surface area contributed by atoms with Crippen LogP contribution >= 0.6 is 0 Å². The standard InChI is InChI=1S/C20H20N2O3/c1-3-14-9-6-7-13(2)19(14)22-18(23)12-25-20(24)17-11-15-8-4-5-10-16(15)21-17/h4-11,21H,3,12H2,1-2H3,(H,22,23). The number of fused-ring (bicyclic) bond motifs is 1. The van der Waals surface area contributed by atoms with E-state index in [9.17, 15) is 9.59 Å². The second-order valence-electron chi connectivity index (χ2n) is 5.86. The molecule has 5 heteroatoms. The van der Waals surface area contributed by atoms with Crippen LogP contribution in [0.4, 0.5) is 5.69 Å². The third kappa shape index (κ3) is 3.71. The number of ether oxygens (including phenoxy) is 1. The van der Waals surface area contributed by atoms with Crippen LogP contribution < -0.4 is 5.32 Å². The predicted molar refractivity (Wildman–Crippen MR) is 97.8 cm³/mol. The third-order valence-electron chi connectivity index (χ3n) is 4.09. The Bertz CT molecular complexity index is 895. The number of benzene rings is 2. The summed E-state index contributed by atoms with van der Waals surface area (Å²) in [4.78, 5) is 27.3. The highest BCUT2D eigenvalue weighted by molar-refractivity contribution is 5.98. The first kappa shape index (κ1) is 16.8. The number of rotatable bonds is 5. The van der Waals surface area contributed by atoms with E-state index in [1.165, 1.54) is 0 Å². The van der Waals surface area contributed by atoms with E-state index in [4.69, 9.17) is 4.74 Å². The van der Waals surface area contributed by atoms with Crippen LogP contribution in [0.1, 0.15) is 28.5 Å². The number of aryl methyl sites for hydroxylation is 2. The second kappa shape index (κ2) is 7.21. The molecule has 25 heavy (non-hydrogen) atoms. The molecule has 1 heterocycles. The van der Waals surface area contributed by atoms with Crippen molar-refractivity contribution in [1.82, 2.24) is 4.98 Å². The summed E-state index contributed by atoms with van der Waals surface area (Å²) in [6.45, 7) is 3.64. The van der Waals surface area contributed by atoms with E-state index in [1.54, 1.807) is 6.07 Å². The van der Waals surface area contributed by atoms with Crippen LogP contribution in [0.2, 0.25) is 0 Å². The monoisotopic (exact) mass is 336 g/mol. The molecule has 128 valence electrons. The lowest BCUT2D eigenvalue weighted by molar-refractivity contribution is -0.119. The van der Waals surface area contributed by atoms with Crippen LogP contribution in [0.15, 0.2) is 48.5 Å². The average molecular weight is 336 g/mol. The number of aromatic nitrogens is 1. The lowest BCUT2D eigenvalue weighted by Crippen LogP contribution is -2.22. The van der Waals surface area contributed by atoms with Crippen molar-refractivity contribution in [2.75, 3.05) is 11.9 Å². The van der Waals surface area contributed by atoms with Gasteiger partial charge in [-0.05, 0) is 36.6 Å². The average Bonchev–Trinajstić information content (AvgIpc) is 3.05. The summed E-state index contributed by atoms with van der Waals surface area (Å²) in [5.41, 5.74) is 4.01. The van der Waals surface area contributed by atoms with Crippen molar-refractivity contribution in [2.24, 2.45) is 0 Å². The van der Waals surface area contributed by atoms with E-state index in [1.807, 2.05) is 56.3 Å². The molecule has 0 atom stereocenters. The van der Waals surface area contributed by atoms with Gasteiger partial charge in [-0.3, -0.25) is 4.79 Å². The summed E-state index contributed by atoms with van der Waals surface area (Å²) in [5.74, 6) is -0.902. The highest BCUT2D eigenvalue weighted by Gasteiger charge is 2.14. The Morgan fingerprint density at radius 3 is 2.68 bits per heavy atom. The number of carbonyl (C=O) groups excluding carboxylic acids is 2. The molecule has 0 aliphatic carbocycles. The molecular formula is C20H20N2O3. The van der Waals surface area contributed by atoms with E-state index in [2.05, 4.69) is 10.3 Å². The first-order chi connectivity index (χ1) is 12.1. The van der Waals surface area contributed by atoms with E-state index < -0.39 is 5.97 Å². The Balaban J connectivity index is 1.63. The van der Waals surface area contributed by atoms with Gasteiger partial charge in [0.2, 0.25) is 0 Å². The van der Waals surface area contributed by atoms with Crippen molar-refractivity contribution in [3.8, 4) is 0 Å². The van der Waals surface area contributed by atoms with Gasteiger partial charge in [0.15, 0.2) is 6.61 Å². The zero-order valence-corrected chi connectivity index (χ0v) is 14.3. The van der Waals surface area contributed by atoms with Gasteiger partial charge in [0.05, 0.1) is 0 Å². The number of aromatic amines is 1.